The van der Waals surface area contributed by atoms with Gasteiger partial charge < -0.3 is 0 Å². The van der Waals surface area contributed by atoms with Crippen LogP contribution >= 0.6 is 0 Å². The van der Waals surface area contributed by atoms with Crippen LogP contribution in [0.2, 0.25) is 0 Å². The van der Waals surface area contributed by atoms with Crippen molar-refractivity contribution < 1.29 is 0 Å². The van der Waals surface area contributed by atoms with Crippen LogP contribution in [0.5, 0.6) is 0 Å². The van der Waals surface area contributed by atoms with Gasteiger partial charge in [-0.1, -0.05) is 121 Å². The SMILES string of the molecule is Cc1ccc(-c2cccc3c4ccccc4c4cccc(-c5ccccc5)c4c23)cc1. The third-order valence-electron chi connectivity index (χ3n) is 6.33. The van der Waals surface area contributed by atoms with Gasteiger partial charge in [-0.2, -0.15) is 0 Å². The lowest BCUT2D eigenvalue weighted by Gasteiger charge is -2.17. The Bertz CT molecular complexity index is 1560. The molecular formula is C31H22. The van der Waals surface area contributed by atoms with Crippen LogP contribution in [0, 0.1) is 6.92 Å². The molecule has 0 aliphatic carbocycles. The van der Waals surface area contributed by atoms with Crippen molar-refractivity contribution in [1.29, 1.82) is 0 Å². The van der Waals surface area contributed by atoms with E-state index in [1.807, 2.05) is 0 Å². The van der Waals surface area contributed by atoms with Crippen molar-refractivity contribution in [3.05, 3.63) is 121 Å². The minimum atomic E-state index is 1.25. The van der Waals surface area contributed by atoms with Crippen molar-refractivity contribution in [1.82, 2.24) is 0 Å². The molecule has 0 atom stereocenters. The van der Waals surface area contributed by atoms with Gasteiger partial charge in [0.05, 0.1) is 0 Å². The molecule has 0 fully saturated rings. The van der Waals surface area contributed by atoms with Crippen LogP contribution in [-0.4, -0.2) is 0 Å². The Balaban J connectivity index is 1.88. The van der Waals surface area contributed by atoms with Gasteiger partial charge in [-0.15, -0.1) is 0 Å². The molecule has 0 saturated heterocycles. The molecule has 0 heterocycles. The second-order valence-electron chi connectivity index (χ2n) is 8.23. The summed E-state index contributed by atoms with van der Waals surface area (Å²) in [5.41, 5.74) is 6.37. The van der Waals surface area contributed by atoms with Gasteiger partial charge in [-0.05, 0) is 61.5 Å². The molecule has 0 saturated carbocycles. The Labute approximate surface area is 182 Å². The fourth-order valence-electron chi connectivity index (χ4n) is 4.88. The van der Waals surface area contributed by atoms with Crippen LogP contribution in [-0.2, 0) is 0 Å². The first-order valence-corrected chi connectivity index (χ1v) is 10.8. The lowest BCUT2D eigenvalue weighted by atomic mass is 9.86. The van der Waals surface area contributed by atoms with Gasteiger partial charge in [0.25, 0.3) is 0 Å². The Morgan fingerprint density at radius 2 is 0.806 bits per heavy atom. The zero-order valence-electron chi connectivity index (χ0n) is 17.5. The van der Waals surface area contributed by atoms with Crippen molar-refractivity contribution >= 4 is 32.3 Å². The second-order valence-corrected chi connectivity index (χ2v) is 8.23. The molecule has 6 aromatic carbocycles. The Morgan fingerprint density at radius 1 is 0.355 bits per heavy atom. The van der Waals surface area contributed by atoms with Crippen molar-refractivity contribution in [2.75, 3.05) is 0 Å². The van der Waals surface area contributed by atoms with Gasteiger partial charge >= 0.3 is 0 Å². The molecule has 0 radical (unpaired) electrons. The minimum Gasteiger partial charge on any atom is -0.0622 e. The van der Waals surface area contributed by atoms with Crippen LogP contribution in [0.4, 0.5) is 0 Å². The van der Waals surface area contributed by atoms with E-state index in [1.54, 1.807) is 0 Å². The van der Waals surface area contributed by atoms with E-state index < -0.39 is 0 Å². The predicted molar refractivity (Wildman–Crippen MR) is 135 cm³/mol. The normalized spacial score (nSPS) is 11.4. The minimum absolute atomic E-state index is 1.25. The molecule has 0 aliphatic heterocycles. The number of hydrogen-bond acceptors (Lipinski definition) is 0. The largest absolute Gasteiger partial charge is 0.0622 e. The number of rotatable bonds is 2. The van der Waals surface area contributed by atoms with E-state index >= 15 is 0 Å². The van der Waals surface area contributed by atoms with Gasteiger partial charge in [0.15, 0.2) is 0 Å². The van der Waals surface area contributed by atoms with E-state index in [9.17, 15) is 0 Å². The van der Waals surface area contributed by atoms with Gasteiger partial charge in [-0.25, -0.2) is 0 Å². The monoisotopic (exact) mass is 394 g/mol. The van der Waals surface area contributed by atoms with E-state index in [1.165, 1.54) is 60.1 Å². The summed E-state index contributed by atoms with van der Waals surface area (Å²) in [5, 5.41) is 7.90. The maximum absolute atomic E-state index is 2.27. The zero-order valence-corrected chi connectivity index (χ0v) is 17.5. The summed E-state index contributed by atoms with van der Waals surface area (Å²) in [5.74, 6) is 0. The van der Waals surface area contributed by atoms with E-state index in [0.717, 1.165) is 0 Å². The molecular weight excluding hydrogens is 372 g/mol. The van der Waals surface area contributed by atoms with Crippen LogP contribution in [0.15, 0.2) is 115 Å². The molecule has 31 heavy (non-hydrogen) atoms. The van der Waals surface area contributed by atoms with Crippen molar-refractivity contribution in [2.45, 2.75) is 6.92 Å². The van der Waals surface area contributed by atoms with Gasteiger partial charge in [0, 0.05) is 0 Å². The van der Waals surface area contributed by atoms with Crippen molar-refractivity contribution in [3.63, 3.8) is 0 Å². The smallest absolute Gasteiger partial charge is 0.00141 e. The number of hydrogen-bond donors (Lipinski definition) is 0. The highest BCUT2D eigenvalue weighted by Gasteiger charge is 2.15. The molecule has 6 rings (SSSR count). The molecule has 146 valence electrons. The predicted octanol–water partition coefficient (Wildman–Crippen LogP) is 8.79. The molecule has 0 N–H and O–H groups in total. The molecule has 0 heteroatoms. The Morgan fingerprint density at radius 3 is 1.35 bits per heavy atom. The number of fused-ring (bicyclic) bond motifs is 6. The number of benzene rings is 6. The lowest BCUT2D eigenvalue weighted by Crippen LogP contribution is -1.90. The summed E-state index contributed by atoms with van der Waals surface area (Å²) >= 11 is 0. The van der Waals surface area contributed by atoms with Crippen LogP contribution in [0.1, 0.15) is 5.56 Å². The quantitative estimate of drug-likeness (QED) is 0.257. The van der Waals surface area contributed by atoms with E-state index in [4.69, 9.17) is 0 Å². The average molecular weight is 395 g/mol. The van der Waals surface area contributed by atoms with E-state index in [2.05, 4.69) is 122 Å². The molecule has 0 bridgehead atoms. The molecule has 0 unspecified atom stereocenters. The maximum Gasteiger partial charge on any atom is -0.00141 e. The molecule has 0 nitrogen and oxygen atoms in total. The second kappa shape index (κ2) is 7.11. The molecule has 0 amide bonds. The Hall–Kier alpha value is -3.90. The van der Waals surface area contributed by atoms with Crippen LogP contribution in [0.3, 0.4) is 0 Å². The van der Waals surface area contributed by atoms with Crippen molar-refractivity contribution in [2.24, 2.45) is 0 Å². The van der Waals surface area contributed by atoms with Gasteiger partial charge in [0.2, 0.25) is 0 Å². The van der Waals surface area contributed by atoms with Crippen LogP contribution in [0.25, 0.3) is 54.6 Å². The summed E-state index contributed by atoms with van der Waals surface area (Å²) in [7, 11) is 0. The topological polar surface area (TPSA) is 0 Å². The highest BCUT2D eigenvalue weighted by molar-refractivity contribution is 6.31. The molecule has 0 aromatic heterocycles. The van der Waals surface area contributed by atoms with Gasteiger partial charge in [-0.3, -0.25) is 0 Å². The number of aryl methyl sites for hydroxylation is 1. The van der Waals surface area contributed by atoms with E-state index in [-0.39, 0.29) is 0 Å². The highest BCUT2D eigenvalue weighted by atomic mass is 14.2. The van der Waals surface area contributed by atoms with E-state index in [0.29, 0.717) is 0 Å². The lowest BCUT2D eigenvalue weighted by molar-refractivity contribution is 1.47. The first-order valence-electron chi connectivity index (χ1n) is 10.8. The van der Waals surface area contributed by atoms with Gasteiger partial charge in [0.1, 0.15) is 0 Å². The molecule has 0 aliphatic rings. The molecule has 0 spiro atoms. The summed E-state index contributed by atoms with van der Waals surface area (Å²) in [6.45, 7) is 2.14. The first-order chi connectivity index (χ1) is 15.3. The van der Waals surface area contributed by atoms with Crippen LogP contribution < -0.4 is 0 Å². The summed E-state index contributed by atoms with van der Waals surface area (Å²) in [6.07, 6.45) is 0. The zero-order chi connectivity index (χ0) is 20.8. The first kappa shape index (κ1) is 17.9. The average Bonchev–Trinajstić information content (AvgIpc) is 2.84. The summed E-state index contributed by atoms with van der Waals surface area (Å²) in [4.78, 5) is 0. The summed E-state index contributed by atoms with van der Waals surface area (Å²) < 4.78 is 0. The fourth-order valence-corrected chi connectivity index (χ4v) is 4.88. The fraction of sp³-hybridized carbons (Fsp3) is 0.0323. The Kier molecular flexibility index (Phi) is 4.11. The van der Waals surface area contributed by atoms with Crippen molar-refractivity contribution in [3.8, 4) is 22.3 Å². The third kappa shape index (κ3) is 2.84. The third-order valence-corrected chi connectivity index (χ3v) is 6.33. The standard InChI is InChI=1S/C31H22/c1-21-17-19-23(20-18-21)25-14-8-16-29-27-12-6-5-11-26(27)28-15-7-13-24(30(28)31(25)29)22-9-3-2-4-10-22/h2-20H,1H3. The highest BCUT2D eigenvalue weighted by Crippen LogP contribution is 2.43. The molecule has 6 aromatic rings. The maximum atomic E-state index is 2.27. The summed E-state index contributed by atoms with van der Waals surface area (Å²) in [6, 6.07) is 41.9.